The number of hydrogen-bond donors (Lipinski definition) is 2. The van der Waals surface area contributed by atoms with Crippen LogP contribution < -0.4 is 0 Å². The summed E-state index contributed by atoms with van der Waals surface area (Å²) in [6.07, 6.45) is 0. The van der Waals surface area contributed by atoms with Crippen molar-refractivity contribution < 1.29 is 10.2 Å². The lowest BCUT2D eigenvalue weighted by molar-refractivity contribution is 0.186. The Morgan fingerprint density at radius 1 is 1.22 bits per heavy atom. The maximum Gasteiger partial charge on any atom is 0.0558 e. The molecular formula is C6H14NO2. The normalized spacial score (nSPS) is 10.7. The zero-order valence-corrected chi connectivity index (χ0v) is 5.75. The number of rotatable bonds is 5. The van der Waals surface area contributed by atoms with Crippen molar-refractivity contribution in [2.45, 2.75) is 6.92 Å². The minimum atomic E-state index is 0.143. The van der Waals surface area contributed by atoms with Crippen molar-refractivity contribution >= 4 is 0 Å². The third-order valence-corrected chi connectivity index (χ3v) is 1.14. The summed E-state index contributed by atoms with van der Waals surface area (Å²) in [4.78, 5) is 1.86. The first-order valence-corrected chi connectivity index (χ1v) is 3.10. The molecule has 0 spiro atoms. The monoisotopic (exact) mass is 132 g/mol. The Kier molecular flexibility index (Phi) is 5.93. The molecule has 0 aliphatic carbocycles. The number of aliphatic hydroxyl groups excluding tert-OH is 2. The molecular weight excluding hydrogens is 118 g/mol. The van der Waals surface area contributed by atoms with Gasteiger partial charge < -0.3 is 10.2 Å². The fraction of sp³-hybridized carbons (Fsp3) is 0.833. The quantitative estimate of drug-likeness (QED) is 0.527. The first-order chi connectivity index (χ1) is 4.35. The van der Waals surface area contributed by atoms with Crippen LogP contribution in [0.5, 0.6) is 0 Å². The molecule has 0 aromatic carbocycles. The first kappa shape index (κ1) is 8.88. The smallest absolute Gasteiger partial charge is 0.0558 e. The van der Waals surface area contributed by atoms with Gasteiger partial charge in [-0.2, -0.15) is 0 Å². The van der Waals surface area contributed by atoms with E-state index in [1.807, 2.05) is 18.4 Å². The SMILES string of the molecule is C[CH]N(CCO)CCO. The van der Waals surface area contributed by atoms with Crippen LogP contribution in [0.1, 0.15) is 6.92 Å². The first-order valence-electron chi connectivity index (χ1n) is 3.10. The molecule has 0 aromatic heterocycles. The van der Waals surface area contributed by atoms with Crippen molar-refractivity contribution in [2.75, 3.05) is 26.3 Å². The predicted octanol–water partition coefficient (Wildman–Crippen LogP) is -0.545. The van der Waals surface area contributed by atoms with Crippen LogP contribution in [0.15, 0.2) is 0 Å². The van der Waals surface area contributed by atoms with E-state index in [-0.39, 0.29) is 13.2 Å². The van der Waals surface area contributed by atoms with E-state index in [4.69, 9.17) is 10.2 Å². The maximum absolute atomic E-state index is 8.45. The average Bonchev–Trinajstić information content (AvgIpc) is 1.88. The van der Waals surface area contributed by atoms with Crippen LogP contribution in [0.2, 0.25) is 0 Å². The van der Waals surface area contributed by atoms with Gasteiger partial charge in [0.1, 0.15) is 0 Å². The Bertz CT molecular complexity index is 53.0. The maximum atomic E-state index is 8.45. The molecule has 0 saturated carbocycles. The highest BCUT2D eigenvalue weighted by Crippen LogP contribution is 1.88. The second-order valence-corrected chi connectivity index (χ2v) is 1.74. The molecule has 0 unspecified atom stereocenters. The summed E-state index contributed by atoms with van der Waals surface area (Å²) >= 11 is 0. The molecule has 0 heterocycles. The Morgan fingerprint density at radius 3 is 1.89 bits per heavy atom. The van der Waals surface area contributed by atoms with Crippen LogP contribution >= 0.6 is 0 Å². The van der Waals surface area contributed by atoms with Crippen LogP contribution in [-0.2, 0) is 0 Å². The number of hydrogen-bond acceptors (Lipinski definition) is 3. The molecule has 0 fully saturated rings. The van der Waals surface area contributed by atoms with E-state index >= 15 is 0 Å². The molecule has 0 aliphatic heterocycles. The Morgan fingerprint density at radius 2 is 1.67 bits per heavy atom. The van der Waals surface area contributed by atoms with Crippen molar-refractivity contribution in [3.8, 4) is 0 Å². The molecule has 0 saturated heterocycles. The van der Waals surface area contributed by atoms with E-state index in [2.05, 4.69) is 0 Å². The molecule has 0 aromatic rings. The molecule has 1 radical (unpaired) electrons. The zero-order valence-electron chi connectivity index (χ0n) is 5.75. The van der Waals surface area contributed by atoms with Crippen molar-refractivity contribution in [1.82, 2.24) is 4.90 Å². The van der Waals surface area contributed by atoms with Crippen LogP contribution in [0.25, 0.3) is 0 Å². The van der Waals surface area contributed by atoms with Gasteiger partial charge in [0.15, 0.2) is 0 Å². The van der Waals surface area contributed by atoms with Gasteiger partial charge in [-0.05, 0) is 6.92 Å². The van der Waals surface area contributed by atoms with E-state index in [1.165, 1.54) is 0 Å². The number of nitrogens with zero attached hydrogens (tertiary/aromatic N) is 1. The fourth-order valence-electron chi connectivity index (χ4n) is 0.627. The van der Waals surface area contributed by atoms with E-state index in [0.29, 0.717) is 13.1 Å². The largest absolute Gasteiger partial charge is 0.395 e. The summed E-state index contributed by atoms with van der Waals surface area (Å²) in [5, 5.41) is 16.9. The van der Waals surface area contributed by atoms with Crippen molar-refractivity contribution in [2.24, 2.45) is 0 Å². The molecule has 0 aliphatic rings. The van der Waals surface area contributed by atoms with E-state index in [9.17, 15) is 0 Å². The van der Waals surface area contributed by atoms with Gasteiger partial charge in [-0.15, -0.1) is 0 Å². The topological polar surface area (TPSA) is 43.7 Å². The van der Waals surface area contributed by atoms with Crippen molar-refractivity contribution in [1.29, 1.82) is 0 Å². The summed E-state index contributed by atoms with van der Waals surface area (Å²) in [6, 6.07) is 0. The van der Waals surface area contributed by atoms with Gasteiger partial charge in [-0.1, -0.05) is 0 Å². The minimum absolute atomic E-state index is 0.143. The molecule has 9 heavy (non-hydrogen) atoms. The molecule has 3 heteroatoms. The van der Waals surface area contributed by atoms with E-state index in [0.717, 1.165) is 0 Å². The molecule has 0 rings (SSSR count). The molecule has 0 amide bonds. The lowest BCUT2D eigenvalue weighted by Crippen LogP contribution is -2.26. The van der Waals surface area contributed by atoms with Crippen molar-refractivity contribution in [3.63, 3.8) is 0 Å². The van der Waals surface area contributed by atoms with Crippen LogP contribution in [0.3, 0.4) is 0 Å². The Hall–Kier alpha value is -0.120. The highest BCUT2D eigenvalue weighted by atomic mass is 16.3. The van der Waals surface area contributed by atoms with Gasteiger partial charge in [0.25, 0.3) is 0 Å². The van der Waals surface area contributed by atoms with Gasteiger partial charge >= 0.3 is 0 Å². The molecule has 2 N–H and O–H groups in total. The van der Waals surface area contributed by atoms with Crippen molar-refractivity contribution in [3.05, 3.63) is 6.54 Å². The summed E-state index contributed by atoms with van der Waals surface area (Å²) in [5.41, 5.74) is 0. The Labute approximate surface area is 55.9 Å². The average molecular weight is 132 g/mol. The van der Waals surface area contributed by atoms with E-state index < -0.39 is 0 Å². The van der Waals surface area contributed by atoms with Gasteiger partial charge in [0, 0.05) is 19.6 Å². The predicted molar refractivity (Wildman–Crippen MR) is 35.7 cm³/mol. The molecule has 0 atom stereocenters. The van der Waals surface area contributed by atoms with Crippen LogP contribution in [-0.4, -0.2) is 41.4 Å². The third-order valence-electron chi connectivity index (χ3n) is 1.14. The molecule has 0 bridgehead atoms. The molecule has 55 valence electrons. The van der Waals surface area contributed by atoms with Gasteiger partial charge in [0.05, 0.1) is 13.2 Å². The summed E-state index contributed by atoms with van der Waals surface area (Å²) in [7, 11) is 0. The summed E-state index contributed by atoms with van der Waals surface area (Å²) in [6.45, 7) is 5.24. The zero-order chi connectivity index (χ0) is 7.11. The molecule has 3 nitrogen and oxygen atoms in total. The third kappa shape index (κ3) is 4.39. The Balaban J connectivity index is 3.18. The van der Waals surface area contributed by atoms with Crippen LogP contribution in [0, 0.1) is 6.54 Å². The van der Waals surface area contributed by atoms with E-state index in [1.54, 1.807) is 0 Å². The highest BCUT2D eigenvalue weighted by Gasteiger charge is 1.97. The lowest BCUT2D eigenvalue weighted by atomic mass is 10.5. The second kappa shape index (κ2) is 6.01. The second-order valence-electron chi connectivity index (χ2n) is 1.74. The van der Waals surface area contributed by atoms with Gasteiger partial charge in [0.2, 0.25) is 0 Å². The van der Waals surface area contributed by atoms with Gasteiger partial charge in [-0.3, -0.25) is 4.90 Å². The fourth-order valence-corrected chi connectivity index (χ4v) is 0.627. The minimum Gasteiger partial charge on any atom is -0.395 e. The van der Waals surface area contributed by atoms with Gasteiger partial charge in [-0.25, -0.2) is 0 Å². The lowest BCUT2D eigenvalue weighted by Gasteiger charge is -2.15. The summed E-state index contributed by atoms with van der Waals surface area (Å²) in [5.74, 6) is 0. The summed E-state index contributed by atoms with van der Waals surface area (Å²) < 4.78 is 0. The van der Waals surface area contributed by atoms with Crippen LogP contribution in [0.4, 0.5) is 0 Å². The number of aliphatic hydroxyl groups is 2. The highest BCUT2D eigenvalue weighted by molar-refractivity contribution is 4.61. The standard InChI is InChI=1S/C6H14NO2/c1-2-7(3-5-8)4-6-9/h2,8-9H,3-6H2,1H3.